The fourth-order valence-corrected chi connectivity index (χ4v) is 3.00. The van der Waals surface area contributed by atoms with Crippen LogP contribution in [0.1, 0.15) is 5.82 Å². The van der Waals surface area contributed by atoms with Crippen molar-refractivity contribution >= 4 is 45.8 Å². The minimum absolute atomic E-state index is 0.506. The van der Waals surface area contributed by atoms with Crippen LogP contribution in [0, 0.1) is 0 Å². The molecule has 0 amide bonds. The van der Waals surface area contributed by atoms with Crippen molar-refractivity contribution in [1.82, 2.24) is 9.97 Å². The standard InChI is InChI=1S/C15H13ClN4S/c16-11-7-9(5-6-12(11)17)21-8-14-19-13-4-2-1-3-10(13)15(18)20-14/h1-7H,8,17H2,(H2,18,19,20). The van der Waals surface area contributed by atoms with Gasteiger partial charge in [0, 0.05) is 10.3 Å². The van der Waals surface area contributed by atoms with Gasteiger partial charge in [0.1, 0.15) is 11.6 Å². The van der Waals surface area contributed by atoms with Crippen molar-refractivity contribution in [2.75, 3.05) is 11.5 Å². The van der Waals surface area contributed by atoms with Gasteiger partial charge in [0.2, 0.25) is 0 Å². The fraction of sp³-hybridized carbons (Fsp3) is 0.0667. The Morgan fingerprint density at radius 1 is 1.05 bits per heavy atom. The minimum atomic E-state index is 0.506. The normalized spacial score (nSPS) is 10.9. The van der Waals surface area contributed by atoms with E-state index in [0.29, 0.717) is 28.1 Å². The van der Waals surface area contributed by atoms with Crippen LogP contribution in [0.3, 0.4) is 0 Å². The third kappa shape index (κ3) is 3.04. The molecule has 6 heteroatoms. The molecule has 0 saturated carbocycles. The second-order valence-electron chi connectivity index (χ2n) is 4.51. The molecule has 3 rings (SSSR count). The summed E-state index contributed by atoms with van der Waals surface area (Å²) in [5, 5.41) is 1.43. The van der Waals surface area contributed by atoms with Crippen LogP contribution in [0.2, 0.25) is 5.02 Å². The number of nitrogen functional groups attached to an aromatic ring is 2. The highest BCUT2D eigenvalue weighted by Gasteiger charge is 2.06. The van der Waals surface area contributed by atoms with Gasteiger partial charge in [0.25, 0.3) is 0 Å². The number of halogens is 1. The smallest absolute Gasteiger partial charge is 0.141 e. The van der Waals surface area contributed by atoms with Gasteiger partial charge >= 0.3 is 0 Å². The molecule has 1 aromatic heterocycles. The van der Waals surface area contributed by atoms with Gasteiger partial charge in [-0.2, -0.15) is 0 Å². The molecule has 0 saturated heterocycles. The van der Waals surface area contributed by atoms with E-state index in [1.165, 1.54) is 0 Å². The summed E-state index contributed by atoms with van der Waals surface area (Å²) in [5.74, 6) is 1.82. The van der Waals surface area contributed by atoms with E-state index in [1.54, 1.807) is 17.8 Å². The largest absolute Gasteiger partial charge is 0.398 e. The van der Waals surface area contributed by atoms with E-state index in [9.17, 15) is 0 Å². The van der Waals surface area contributed by atoms with Crippen LogP contribution in [0.4, 0.5) is 11.5 Å². The number of nitrogens with two attached hydrogens (primary N) is 2. The lowest BCUT2D eigenvalue weighted by molar-refractivity contribution is 1.08. The van der Waals surface area contributed by atoms with Gasteiger partial charge in [0.05, 0.1) is 22.0 Å². The molecule has 0 aliphatic heterocycles. The quantitative estimate of drug-likeness (QED) is 0.568. The number of benzene rings is 2. The lowest BCUT2D eigenvalue weighted by atomic mass is 10.2. The Kier molecular flexibility index (Phi) is 3.86. The summed E-state index contributed by atoms with van der Waals surface area (Å²) in [7, 11) is 0. The van der Waals surface area contributed by atoms with Gasteiger partial charge < -0.3 is 11.5 Å². The maximum Gasteiger partial charge on any atom is 0.141 e. The summed E-state index contributed by atoms with van der Waals surface area (Å²) in [5.41, 5.74) is 13.1. The Labute approximate surface area is 131 Å². The predicted octanol–water partition coefficient (Wildman–Crippen LogP) is 3.74. The third-order valence-electron chi connectivity index (χ3n) is 3.02. The molecule has 0 fully saturated rings. The second-order valence-corrected chi connectivity index (χ2v) is 5.97. The average Bonchev–Trinajstić information content (AvgIpc) is 2.49. The number of nitrogens with zero attached hydrogens (tertiary/aromatic N) is 2. The first-order valence-corrected chi connectivity index (χ1v) is 7.69. The first kappa shape index (κ1) is 14.0. The van der Waals surface area contributed by atoms with Gasteiger partial charge in [-0.15, -0.1) is 11.8 Å². The van der Waals surface area contributed by atoms with Crippen molar-refractivity contribution in [2.24, 2.45) is 0 Å². The van der Waals surface area contributed by atoms with Crippen LogP contribution in [0.15, 0.2) is 47.4 Å². The van der Waals surface area contributed by atoms with Gasteiger partial charge in [-0.3, -0.25) is 0 Å². The van der Waals surface area contributed by atoms with E-state index in [4.69, 9.17) is 23.1 Å². The number of thioether (sulfide) groups is 1. The second kappa shape index (κ2) is 5.79. The van der Waals surface area contributed by atoms with Crippen molar-refractivity contribution < 1.29 is 0 Å². The summed E-state index contributed by atoms with van der Waals surface area (Å²) in [4.78, 5) is 9.88. The van der Waals surface area contributed by atoms with Crippen LogP contribution >= 0.6 is 23.4 Å². The van der Waals surface area contributed by atoms with Crippen LogP contribution in [-0.2, 0) is 5.75 Å². The van der Waals surface area contributed by atoms with Gasteiger partial charge in [-0.05, 0) is 30.3 Å². The van der Waals surface area contributed by atoms with Crippen molar-refractivity contribution in [2.45, 2.75) is 10.6 Å². The number of rotatable bonds is 3. The summed E-state index contributed by atoms with van der Waals surface area (Å²) in [6, 6.07) is 13.3. The first-order chi connectivity index (χ1) is 10.1. The van der Waals surface area contributed by atoms with Gasteiger partial charge in [0.15, 0.2) is 0 Å². The van der Waals surface area contributed by atoms with Gasteiger partial charge in [-0.1, -0.05) is 23.7 Å². The minimum Gasteiger partial charge on any atom is -0.398 e. The molecule has 3 aromatic rings. The third-order valence-corrected chi connectivity index (χ3v) is 4.34. The number of hydrogen-bond donors (Lipinski definition) is 2. The number of aromatic nitrogens is 2. The van der Waals surface area contributed by atoms with Crippen LogP contribution in [-0.4, -0.2) is 9.97 Å². The molecule has 106 valence electrons. The number of fused-ring (bicyclic) bond motifs is 1. The van der Waals surface area contributed by atoms with E-state index in [2.05, 4.69) is 9.97 Å². The molecular formula is C15H13ClN4S. The molecule has 4 nitrogen and oxygen atoms in total. The highest BCUT2D eigenvalue weighted by Crippen LogP contribution is 2.28. The van der Waals surface area contributed by atoms with Crippen molar-refractivity contribution in [3.8, 4) is 0 Å². The molecule has 4 N–H and O–H groups in total. The molecule has 21 heavy (non-hydrogen) atoms. The van der Waals surface area contributed by atoms with E-state index in [1.807, 2.05) is 36.4 Å². The molecule has 0 aliphatic carbocycles. The van der Waals surface area contributed by atoms with Crippen LogP contribution in [0.25, 0.3) is 10.9 Å². The Morgan fingerprint density at radius 2 is 1.86 bits per heavy atom. The Hall–Kier alpha value is -1.98. The molecule has 2 aromatic carbocycles. The highest BCUT2D eigenvalue weighted by atomic mass is 35.5. The molecule has 0 bridgehead atoms. The molecule has 0 aliphatic rings. The zero-order valence-corrected chi connectivity index (χ0v) is 12.7. The van der Waals surface area contributed by atoms with Crippen molar-refractivity contribution in [3.63, 3.8) is 0 Å². The number of para-hydroxylation sites is 1. The maximum atomic E-state index is 6.01. The van der Waals surface area contributed by atoms with E-state index in [0.717, 1.165) is 15.8 Å². The first-order valence-electron chi connectivity index (χ1n) is 6.32. The maximum absolute atomic E-state index is 6.01. The Morgan fingerprint density at radius 3 is 2.67 bits per heavy atom. The SMILES string of the molecule is Nc1ccc(SCc2nc(N)c3ccccc3n2)cc1Cl. The molecular weight excluding hydrogens is 304 g/mol. The molecule has 0 atom stereocenters. The lowest BCUT2D eigenvalue weighted by Crippen LogP contribution is -1.99. The lowest BCUT2D eigenvalue weighted by Gasteiger charge is -2.06. The van der Waals surface area contributed by atoms with Crippen molar-refractivity contribution in [1.29, 1.82) is 0 Å². The molecule has 1 heterocycles. The molecule has 0 spiro atoms. The van der Waals surface area contributed by atoms with E-state index < -0.39 is 0 Å². The van der Waals surface area contributed by atoms with Crippen molar-refractivity contribution in [3.05, 3.63) is 53.3 Å². The summed E-state index contributed by atoms with van der Waals surface area (Å²) in [6.07, 6.45) is 0. The summed E-state index contributed by atoms with van der Waals surface area (Å²) in [6.45, 7) is 0. The van der Waals surface area contributed by atoms with Gasteiger partial charge in [-0.25, -0.2) is 9.97 Å². The average molecular weight is 317 g/mol. The summed E-state index contributed by atoms with van der Waals surface area (Å²) >= 11 is 7.60. The Bertz CT molecular complexity index is 807. The summed E-state index contributed by atoms with van der Waals surface area (Å²) < 4.78 is 0. The van der Waals surface area contributed by atoms with Crippen LogP contribution < -0.4 is 11.5 Å². The zero-order chi connectivity index (χ0) is 14.8. The molecule has 0 radical (unpaired) electrons. The number of anilines is 2. The van der Waals surface area contributed by atoms with Crippen LogP contribution in [0.5, 0.6) is 0 Å². The van der Waals surface area contributed by atoms with E-state index >= 15 is 0 Å². The molecule has 0 unspecified atom stereocenters. The highest BCUT2D eigenvalue weighted by molar-refractivity contribution is 7.98. The monoisotopic (exact) mass is 316 g/mol. The van der Waals surface area contributed by atoms with E-state index in [-0.39, 0.29) is 0 Å². The number of hydrogen-bond acceptors (Lipinski definition) is 5. The predicted molar refractivity (Wildman–Crippen MR) is 89.4 cm³/mol. The zero-order valence-electron chi connectivity index (χ0n) is 11.1. The Balaban J connectivity index is 1.83. The topological polar surface area (TPSA) is 77.8 Å². The fourth-order valence-electron chi connectivity index (χ4n) is 1.96.